The van der Waals surface area contributed by atoms with E-state index in [0.29, 0.717) is 38.5 Å². The van der Waals surface area contributed by atoms with Crippen LogP contribution in [0.25, 0.3) is 0 Å². The lowest BCUT2D eigenvalue weighted by Gasteiger charge is -2.26. The zero-order chi connectivity index (χ0) is 26.2. The molecule has 1 aliphatic carbocycles. The number of phenols is 2. The Balaban J connectivity index is 1.55. The van der Waals surface area contributed by atoms with E-state index < -0.39 is 23.8 Å². The molecule has 0 spiro atoms. The first kappa shape index (κ1) is 26.9. The van der Waals surface area contributed by atoms with Gasteiger partial charge in [-0.05, 0) is 74.9 Å². The second kappa shape index (κ2) is 12.3. The van der Waals surface area contributed by atoms with E-state index in [2.05, 4.69) is 0 Å². The van der Waals surface area contributed by atoms with Gasteiger partial charge in [-0.3, -0.25) is 19.2 Å². The van der Waals surface area contributed by atoms with E-state index in [1.54, 1.807) is 0 Å². The van der Waals surface area contributed by atoms with E-state index in [9.17, 15) is 29.4 Å². The highest BCUT2D eigenvalue weighted by Crippen LogP contribution is 2.33. The Morgan fingerprint density at radius 2 is 1.06 bits per heavy atom. The van der Waals surface area contributed by atoms with Crippen LogP contribution in [0, 0.1) is 11.8 Å². The first-order valence-corrected chi connectivity index (χ1v) is 12.4. The van der Waals surface area contributed by atoms with Crippen LogP contribution in [0.5, 0.6) is 23.0 Å². The number of Topliss-reactive ketones (excluding diaryl/α,β-unsaturated/α-hetero) is 2. The molecule has 0 unspecified atom stereocenters. The number of carbonyl (C=O) groups excluding carboxylic acids is 4. The van der Waals surface area contributed by atoms with E-state index in [-0.39, 0.29) is 58.5 Å². The van der Waals surface area contributed by atoms with Gasteiger partial charge in [0.05, 0.1) is 23.0 Å². The number of carbonyl (C=O) groups is 4. The summed E-state index contributed by atoms with van der Waals surface area (Å²) in [5.74, 6) is -2.04. The van der Waals surface area contributed by atoms with Crippen molar-refractivity contribution in [2.75, 3.05) is 0 Å². The summed E-state index contributed by atoms with van der Waals surface area (Å²) in [6, 6.07) is 8.31. The summed E-state index contributed by atoms with van der Waals surface area (Å²) in [4.78, 5) is 49.7. The van der Waals surface area contributed by atoms with Gasteiger partial charge < -0.3 is 19.7 Å². The van der Waals surface area contributed by atoms with Crippen LogP contribution in [0.15, 0.2) is 36.4 Å². The summed E-state index contributed by atoms with van der Waals surface area (Å²) in [6.45, 7) is 3.73. The molecule has 2 aromatic rings. The molecule has 0 saturated heterocycles. The van der Waals surface area contributed by atoms with Gasteiger partial charge in [-0.25, -0.2) is 0 Å². The molecule has 8 nitrogen and oxygen atoms in total. The number of hydrogen-bond acceptors (Lipinski definition) is 8. The van der Waals surface area contributed by atoms with Crippen molar-refractivity contribution in [3.8, 4) is 23.0 Å². The Kier molecular flexibility index (Phi) is 9.22. The van der Waals surface area contributed by atoms with Crippen LogP contribution in [-0.2, 0) is 9.59 Å². The van der Waals surface area contributed by atoms with Gasteiger partial charge in [0.25, 0.3) is 0 Å². The molecule has 2 aromatic carbocycles. The molecule has 2 N–H and O–H groups in total. The standard InChI is InChI=1S/C28H32O8/c1-3-5-23(29)21-15-19(11-13-25(21)31)35-27(33)17-7-9-18(10-8-17)28(34)36-20-12-14-26(32)22(16-20)24(30)6-4-2/h11-18,31-32H,3-10H2,1-2H3. The maximum Gasteiger partial charge on any atom is 0.314 e. The minimum Gasteiger partial charge on any atom is -0.507 e. The van der Waals surface area contributed by atoms with Gasteiger partial charge in [0.1, 0.15) is 23.0 Å². The number of phenolic OH excluding ortho intramolecular Hbond substituents is 2. The fourth-order valence-electron chi connectivity index (χ4n) is 4.29. The lowest BCUT2D eigenvalue weighted by molar-refractivity contribution is -0.145. The number of ketones is 2. The third-order valence-corrected chi connectivity index (χ3v) is 6.32. The van der Waals surface area contributed by atoms with Gasteiger partial charge in [-0.15, -0.1) is 0 Å². The van der Waals surface area contributed by atoms with Crippen molar-refractivity contribution in [3.05, 3.63) is 47.5 Å². The smallest absolute Gasteiger partial charge is 0.314 e. The number of rotatable bonds is 10. The van der Waals surface area contributed by atoms with E-state index in [1.165, 1.54) is 36.4 Å². The molecule has 8 heteroatoms. The lowest BCUT2D eigenvalue weighted by atomic mass is 9.82. The average molecular weight is 497 g/mol. The summed E-state index contributed by atoms with van der Waals surface area (Å²) in [6.07, 6.45) is 3.60. The fourth-order valence-corrected chi connectivity index (χ4v) is 4.29. The van der Waals surface area contributed by atoms with Gasteiger partial charge >= 0.3 is 11.9 Å². The maximum absolute atomic E-state index is 12.7. The monoisotopic (exact) mass is 496 g/mol. The van der Waals surface area contributed by atoms with Crippen molar-refractivity contribution in [2.45, 2.75) is 65.2 Å². The molecule has 0 bridgehead atoms. The lowest BCUT2D eigenvalue weighted by Crippen LogP contribution is -2.30. The Morgan fingerprint density at radius 3 is 1.39 bits per heavy atom. The van der Waals surface area contributed by atoms with Crippen LogP contribution >= 0.6 is 0 Å². The summed E-state index contributed by atoms with van der Waals surface area (Å²) >= 11 is 0. The van der Waals surface area contributed by atoms with Gasteiger partial charge in [-0.2, -0.15) is 0 Å². The van der Waals surface area contributed by atoms with Crippen molar-refractivity contribution >= 4 is 23.5 Å². The first-order valence-electron chi connectivity index (χ1n) is 12.4. The summed E-state index contributed by atoms with van der Waals surface area (Å²) in [7, 11) is 0. The molecular weight excluding hydrogens is 464 g/mol. The quantitative estimate of drug-likeness (QED) is 0.255. The second-order valence-corrected chi connectivity index (χ2v) is 9.10. The Morgan fingerprint density at radius 1 is 0.694 bits per heavy atom. The van der Waals surface area contributed by atoms with Gasteiger partial charge in [0, 0.05) is 12.8 Å². The predicted molar refractivity (Wildman–Crippen MR) is 131 cm³/mol. The molecular formula is C28H32O8. The second-order valence-electron chi connectivity index (χ2n) is 9.10. The summed E-state index contributed by atoms with van der Waals surface area (Å²) in [5.41, 5.74) is 0.254. The first-order chi connectivity index (χ1) is 17.2. The highest BCUT2D eigenvalue weighted by Gasteiger charge is 2.32. The van der Waals surface area contributed by atoms with Gasteiger partial charge in [0.2, 0.25) is 0 Å². The Bertz CT molecular complexity index is 1040. The normalized spacial score (nSPS) is 17.3. The average Bonchev–Trinajstić information content (AvgIpc) is 2.86. The van der Waals surface area contributed by atoms with Crippen molar-refractivity contribution in [1.29, 1.82) is 0 Å². The van der Waals surface area contributed by atoms with Crippen molar-refractivity contribution in [3.63, 3.8) is 0 Å². The Labute approximate surface area is 210 Å². The summed E-state index contributed by atoms with van der Waals surface area (Å²) < 4.78 is 10.9. The third-order valence-electron chi connectivity index (χ3n) is 6.32. The molecule has 0 radical (unpaired) electrons. The predicted octanol–water partition coefficient (Wildman–Crippen LogP) is 5.38. The number of benzene rings is 2. The number of aromatic hydroxyl groups is 2. The van der Waals surface area contributed by atoms with Crippen molar-refractivity contribution in [1.82, 2.24) is 0 Å². The largest absolute Gasteiger partial charge is 0.507 e. The highest BCUT2D eigenvalue weighted by molar-refractivity contribution is 5.99. The molecule has 3 rings (SSSR count). The van der Waals surface area contributed by atoms with E-state index in [0.717, 1.165) is 0 Å². The van der Waals surface area contributed by atoms with E-state index in [4.69, 9.17) is 9.47 Å². The van der Waals surface area contributed by atoms with Gasteiger partial charge in [0.15, 0.2) is 11.6 Å². The van der Waals surface area contributed by atoms with Crippen LogP contribution in [0.3, 0.4) is 0 Å². The van der Waals surface area contributed by atoms with Crippen molar-refractivity contribution < 1.29 is 38.9 Å². The fraction of sp³-hybridized carbons (Fsp3) is 0.429. The molecule has 1 aliphatic rings. The molecule has 192 valence electrons. The van der Waals surface area contributed by atoms with Gasteiger partial charge in [-0.1, -0.05) is 13.8 Å². The van der Waals surface area contributed by atoms with Crippen LogP contribution in [0.2, 0.25) is 0 Å². The van der Waals surface area contributed by atoms with E-state index in [1.807, 2.05) is 13.8 Å². The Hall–Kier alpha value is -3.68. The maximum atomic E-state index is 12.7. The van der Waals surface area contributed by atoms with Crippen LogP contribution < -0.4 is 9.47 Å². The molecule has 0 amide bonds. The molecule has 1 saturated carbocycles. The topological polar surface area (TPSA) is 127 Å². The molecule has 0 atom stereocenters. The third kappa shape index (κ3) is 6.71. The highest BCUT2D eigenvalue weighted by atomic mass is 16.5. The minimum atomic E-state index is -0.445. The molecule has 0 aliphatic heterocycles. The minimum absolute atomic E-state index is 0.127. The van der Waals surface area contributed by atoms with Crippen LogP contribution in [0.4, 0.5) is 0 Å². The zero-order valence-corrected chi connectivity index (χ0v) is 20.6. The number of ether oxygens (including phenoxy) is 2. The zero-order valence-electron chi connectivity index (χ0n) is 20.6. The molecule has 0 aromatic heterocycles. The van der Waals surface area contributed by atoms with Crippen LogP contribution in [0.1, 0.15) is 85.9 Å². The summed E-state index contributed by atoms with van der Waals surface area (Å²) in [5, 5.41) is 19.9. The molecule has 36 heavy (non-hydrogen) atoms. The molecule has 0 heterocycles. The molecule has 1 fully saturated rings. The van der Waals surface area contributed by atoms with Crippen molar-refractivity contribution in [2.24, 2.45) is 11.8 Å². The number of hydrogen-bond donors (Lipinski definition) is 2. The van der Waals surface area contributed by atoms with Crippen LogP contribution in [-0.4, -0.2) is 33.7 Å². The van der Waals surface area contributed by atoms with E-state index >= 15 is 0 Å². The SMILES string of the molecule is CCCC(=O)c1cc(OC(=O)C2CCC(C(=O)Oc3ccc(O)c(C(=O)CCC)c3)CC2)ccc1O. The number of esters is 2.